The zero-order valence-electron chi connectivity index (χ0n) is 19.5. The van der Waals surface area contributed by atoms with Gasteiger partial charge in [0.2, 0.25) is 5.76 Å². The zero-order chi connectivity index (χ0) is 24.7. The highest BCUT2D eigenvalue weighted by Gasteiger charge is 2.43. The number of halogens is 1. The number of fused-ring (bicyclic) bond motifs is 2. The number of benzene rings is 2. The van der Waals surface area contributed by atoms with Gasteiger partial charge in [-0.25, -0.2) is 0 Å². The minimum absolute atomic E-state index is 0.0143. The fourth-order valence-corrected chi connectivity index (χ4v) is 4.47. The van der Waals surface area contributed by atoms with E-state index in [4.69, 9.17) is 29.9 Å². The molecule has 0 spiro atoms. The average Bonchev–Trinajstić information content (AvgIpc) is 3.45. The number of carbonyl (C=O) groups is 1. The number of hydrogen-bond acceptors (Lipinski definition) is 6. The molecule has 0 N–H and O–H groups in total. The van der Waals surface area contributed by atoms with E-state index in [-0.39, 0.29) is 23.3 Å². The first-order chi connectivity index (χ1) is 16.9. The topological polar surface area (TPSA) is 82.1 Å². The van der Waals surface area contributed by atoms with Crippen molar-refractivity contribution in [1.29, 1.82) is 0 Å². The van der Waals surface area contributed by atoms with Crippen LogP contribution >= 0.6 is 11.6 Å². The lowest BCUT2D eigenvalue weighted by Gasteiger charge is -2.25. The van der Waals surface area contributed by atoms with Crippen molar-refractivity contribution in [2.24, 2.45) is 5.92 Å². The predicted octanol–water partition coefficient (Wildman–Crippen LogP) is 5.83. The lowest BCUT2D eigenvalue weighted by Crippen LogP contribution is -2.29. The molecule has 0 unspecified atom stereocenters. The quantitative estimate of drug-likeness (QED) is 0.322. The summed E-state index contributed by atoms with van der Waals surface area (Å²) in [7, 11) is 1.56. The van der Waals surface area contributed by atoms with Crippen molar-refractivity contribution in [2.75, 3.05) is 13.7 Å². The van der Waals surface area contributed by atoms with Crippen molar-refractivity contribution in [1.82, 2.24) is 4.90 Å². The van der Waals surface area contributed by atoms with E-state index in [9.17, 15) is 9.59 Å². The second kappa shape index (κ2) is 9.15. The molecule has 8 heteroatoms. The van der Waals surface area contributed by atoms with Crippen LogP contribution in [0.3, 0.4) is 0 Å². The molecular weight excluding hydrogens is 470 g/mol. The molecule has 4 aromatic rings. The molecule has 0 aliphatic carbocycles. The van der Waals surface area contributed by atoms with Crippen molar-refractivity contribution in [3.05, 3.63) is 92.7 Å². The Morgan fingerprint density at radius 2 is 1.91 bits per heavy atom. The van der Waals surface area contributed by atoms with E-state index in [0.717, 1.165) is 0 Å². The molecule has 3 heterocycles. The zero-order valence-corrected chi connectivity index (χ0v) is 20.3. The SMILES string of the molecule is COc1cc([C@H]2c3c(oc4ccc(Cl)cc4c3=O)C(=O)N2Cc2ccco2)ccc1OCC(C)C. The van der Waals surface area contributed by atoms with Gasteiger partial charge in [0.05, 0.1) is 43.5 Å². The molecule has 0 saturated heterocycles. The van der Waals surface area contributed by atoms with Crippen LogP contribution in [0.15, 0.2) is 68.4 Å². The highest BCUT2D eigenvalue weighted by Crippen LogP contribution is 2.42. The first-order valence-corrected chi connectivity index (χ1v) is 11.7. The van der Waals surface area contributed by atoms with E-state index in [2.05, 4.69) is 13.8 Å². The fraction of sp³-hybridized carbons (Fsp3) is 0.259. The third-order valence-corrected chi connectivity index (χ3v) is 6.14. The first kappa shape index (κ1) is 23.1. The van der Waals surface area contributed by atoms with Gasteiger partial charge in [-0.2, -0.15) is 0 Å². The number of hydrogen-bond donors (Lipinski definition) is 0. The maximum atomic E-state index is 13.7. The lowest BCUT2D eigenvalue weighted by molar-refractivity contribution is 0.0701. The van der Waals surface area contributed by atoms with E-state index >= 15 is 0 Å². The van der Waals surface area contributed by atoms with Crippen LogP contribution in [0, 0.1) is 5.92 Å². The standard InChI is InChI=1S/C27H24ClNO6/c1-15(2)14-34-21-8-6-16(11-22(21)32-3)24-23-25(30)19-12-17(28)7-9-20(19)35-26(23)27(31)29(24)13-18-5-4-10-33-18/h4-12,15,24H,13-14H2,1-3H3/t24-/m0/s1. The minimum Gasteiger partial charge on any atom is -0.493 e. The van der Waals surface area contributed by atoms with Gasteiger partial charge in [0.15, 0.2) is 16.9 Å². The molecular formula is C27H24ClNO6. The number of amides is 1. The second-order valence-corrected chi connectivity index (χ2v) is 9.28. The van der Waals surface area contributed by atoms with E-state index in [1.165, 1.54) is 0 Å². The van der Waals surface area contributed by atoms with Gasteiger partial charge in [-0.15, -0.1) is 0 Å². The van der Waals surface area contributed by atoms with E-state index in [1.54, 1.807) is 60.7 Å². The van der Waals surface area contributed by atoms with Crippen LogP contribution in [-0.4, -0.2) is 24.5 Å². The summed E-state index contributed by atoms with van der Waals surface area (Å²) in [4.78, 5) is 28.8. The maximum absolute atomic E-state index is 13.7. The summed E-state index contributed by atoms with van der Waals surface area (Å²) in [5.74, 6) is 1.64. The monoisotopic (exact) mass is 493 g/mol. The highest BCUT2D eigenvalue weighted by atomic mass is 35.5. The molecule has 2 aromatic carbocycles. The number of ether oxygens (including phenoxy) is 2. The van der Waals surface area contributed by atoms with Crippen molar-refractivity contribution in [3.63, 3.8) is 0 Å². The van der Waals surface area contributed by atoms with Crippen molar-refractivity contribution < 1.29 is 23.1 Å². The van der Waals surface area contributed by atoms with E-state index in [0.29, 0.717) is 51.3 Å². The summed E-state index contributed by atoms with van der Waals surface area (Å²) in [6, 6.07) is 13.0. The molecule has 1 atom stereocenters. The molecule has 7 nitrogen and oxygen atoms in total. The molecule has 0 radical (unpaired) electrons. The van der Waals surface area contributed by atoms with Crippen LogP contribution in [0.25, 0.3) is 11.0 Å². The molecule has 1 aliphatic rings. The molecule has 180 valence electrons. The van der Waals surface area contributed by atoms with Crippen LogP contribution in [0.4, 0.5) is 0 Å². The smallest absolute Gasteiger partial charge is 0.291 e. The number of furan rings is 1. The van der Waals surface area contributed by atoms with Crippen LogP contribution in [0.5, 0.6) is 11.5 Å². The number of carbonyl (C=O) groups excluding carboxylic acids is 1. The van der Waals surface area contributed by atoms with Gasteiger partial charge < -0.3 is 23.2 Å². The maximum Gasteiger partial charge on any atom is 0.291 e. The summed E-state index contributed by atoms with van der Waals surface area (Å²) in [6.07, 6.45) is 1.54. The molecule has 35 heavy (non-hydrogen) atoms. The Morgan fingerprint density at radius 1 is 1.09 bits per heavy atom. The summed E-state index contributed by atoms with van der Waals surface area (Å²) in [6.45, 7) is 4.81. The van der Waals surface area contributed by atoms with Crippen LogP contribution < -0.4 is 14.9 Å². The lowest BCUT2D eigenvalue weighted by atomic mass is 9.98. The summed E-state index contributed by atoms with van der Waals surface area (Å²) < 4.78 is 22.9. The third-order valence-electron chi connectivity index (χ3n) is 5.91. The first-order valence-electron chi connectivity index (χ1n) is 11.3. The largest absolute Gasteiger partial charge is 0.493 e. The van der Waals surface area contributed by atoms with Gasteiger partial charge >= 0.3 is 0 Å². The summed E-state index contributed by atoms with van der Waals surface area (Å²) in [5, 5.41) is 0.726. The van der Waals surface area contributed by atoms with Crippen LogP contribution in [-0.2, 0) is 6.54 Å². The Balaban J connectivity index is 1.67. The van der Waals surface area contributed by atoms with Gasteiger partial charge in [-0.05, 0) is 53.9 Å². The average molecular weight is 494 g/mol. The van der Waals surface area contributed by atoms with Gasteiger partial charge in [0.25, 0.3) is 5.91 Å². The molecule has 0 bridgehead atoms. The number of nitrogens with zero attached hydrogens (tertiary/aromatic N) is 1. The second-order valence-electron chi connectivity index (χ2n) is 8.84. The van der Waals surface area contributed by atoms with Crippen molar-refractivity contribution in [3.8, 4) is 11.5 Å². The Morgan fingerprint density at radius 3 is 2.63 bits per heavy atom. The number of rotatable bonds is 7. The molecule has 0 fully saturated rings. The van der Waals surface area contributed by atoms with Crippen LogP contribution in [0.1, 0.15) is 47.3 Å². The Labute approximate surface area is 206 Å². The van der Waals surface area contributed by atoms with Gasteiger partial charge in [0.1, 0.15) is 11.3 Å². The third kappa shape index (κ3) is 4.17. The van der Waals surface area contributed by atoms with Crippen molar-refractivity contribution >= 4 is 28.5 Å². The minimum atomic E-state index is -0.713. The predicted molar refractivity (Wildman–Crippen MR) is 131 cm³/mol. The normalized spacial score (nSPS) is 15.2. The highest BCUT2D eigenvalue weighted by molar-refractivity contribution is 6.31. The Hall–Kier alpha value is -3.71. The summed E-state index contributed by atoms with van der Waals surface area (Å²) in [5.41, 5.74) is 0.948. The van der Waals surface area contributed by atoms with Gasteiger partial charge in [0, 0.05) is 5.02 Å². The van der Waals surface area contributed by atoms with Crippen LogP contribution in [0.2, 0.25) is 5.02 Å². The fourth-order valence-electron chi connectivity index (χ4n) is 4.30. The van der Waals surface area contributed by atoms with Gasteiger partial charge in [-0.1, -0.05) is 31.5 Å². The summed E-state index contributed by atoms with van der Waals surface area (Å²) >= 11 is 6.16. The van der Waals surface area contributed by atoms with Gasteiger partial charge in [-0.3, -0.25) is 9.59 Å². The molecule has 5 rings (SSSR count). The van der Waals surface area contributed by atoms with E-state index in [1.807, 2.05) is 6.07 Å². The Bertz CT molecular complexity index is 1460. The molecule has 0 saturated carbocycles. The Kier molecular flexibility index (Phi) is 6.03. The number of methoxy groups -OCH3 is 1. The molecule has 1 amide bonds. The van der Waals surface area contributed by atoms with Crippen molar-refractivity contribution in [2.45, 2.75) is 26.4 Å². The molecule has 2 aromatic heterocycles. The van der Waals surface area contributed by atoms with E-state index < -0.39 is 11.9 Å². The molecule has 1 aliphatic heterocycles.